The Labute approximate surface area is 196 Å². The number of ether oxygens (including phenoxy) is 1. The number of aliphatic imine (C=N–C) groups is 1. The number of nitrogens with zero attached hydrogens (tertiary/aromatic N) is 5. The molecule has 2 aromatic heterocycles. The molecule has 0 aliphatic carbocycles. The molecule has 2 aliphatic heterocycles. The number of hydrogen-bond acceptors (Lipinski definition) is 9. The van der Waals surface area contributed by atoms with Gasteiger partial charge in [-0.2, -0.15) is 18.2 Å². The molecule has 0 radical (unpaired) electrons. The van der Waals surface area contributed by atoms with Gasteiger partial charge in [0, 0.05) is 36.6 Å². The fraction of sp³-hybridized carbons (Fsp3) is 0.273. The van der Waals surface area contributed by atoms with Crippen molar-refractivity contribution in [3.8, 4) is 11.6 Å². The van der Waals surface area contributed by atoms with Crippen molar-refractivity contribution < 1.29 is 23.0 Å². The zero-order chi connectivity index (χ0) is 23.9. The second-order valence-corrected chi connectivity index (χ2v) is 8.98. The topological polar surface area (TPSA) is 95.8 Å². The van der Waals surface area contributed by atoms with Crippen LogP contribution in [0.5, 0.6) is 11.6 Å². The van der Waals surface area contributed by atoms with Gasteiger partial charge in [-0.05, 0) is 37.7 Å². The SMILES string of the molecule is CN1CCC(Oc2ccc(Nc3nc(O)c(C=C4C=Nc5ncncc54)s3)c(C(F)(F)F)c2)C1. The fourth-order valence-corrected chi connectivity index (χ4v) is 4.62. The molecule has 1 unspecified atom stereocenters. The van der Waals surface area contributed by atoms with Crippen molar-refractivity contribution in [1.82, 2.24) is 19.9 Å². The van der Waals surface area contributed by atoms with Crippen molar-refractivity contribution in [3.63, 3.8) is 0 Å². The van der Waals surface area contributed by atoms with Gasteiger partial charge in [0.05, 0.1) is 16.1 Å². The number of rotatable bonds is 5. The number of allylic oxidation sites excluding steroid dienone is 1. The minimum atomic E-state index is -4.61. The van der Waals surface area contributed by atoms with Gasteiger partial charge >= 0.3 is 6.18 Å². The van der Waals surface area contributed by atoms with Gasteiger partial charge in [-0.3, -0.25) is 0 Å². The van der Waals surface area contributed by atoms with Gasteiger partial charge in [-0.15, -0.1) is 0 Å². The Hall–Kier alpha value is -3.51. The summed E-state index contributed by atoms with van der Waals surface area (Å²) in [6.07, 6.45) is 2.20. The summed E-state index contributed by atoms with van der Waals surface area (Å²) in [7, 11) is 1.94. The summed E-state index contributed by atoms with van der Waals surface area (Å²) in [6.45, 7) is 1.51. The first-order valence-electron chi connectivity index (χ1n) is 10.4. The lowest BCUT2D eigenvalue weighted by molar-refractivity contribution is -0.137. The van der Waals surface area contributed by atoms with Crippen LogP contribution in [0.1, 0.15) is 22.4 Å². The van der Waals surface area contributed by atoms with E-state index in [9.17, 15) is 18.3 Å². The van der Waals surface area contributed by atoms with Crippen LogP contribution in [0, 0.1) is 0 Å². The summed E-state index contributed by atoms with van der Waals surface area (Å²) in [6, 6.07) is 3.80. The number of likely N-dealkylation sites (tertiary alicyclic amines) is 1. The lowest BCUT2D eigenvalue weighted by Gasteiger charge is -2.18. The van der Waals surface area contributed by atoms with Gasteiger partial charge in [-0.1, -0.05) is 11.3 Å². The number of nitrogens with one attached hydrogen (secondary N) is 1. The Kier molecular flexibility index (Phi) is 5.70. The second-order valence-electron chi connectivity index (χ2n) is 7.95. The molecule has 0 spiro atoms. The maximum Gasteiger partial charge on any atom is 0.418 e. The molecule has 1 atom stereocenters. The van der Waals surface area contributed by atoms with Crippen molar-refractivity contribution in [3.05, 3.63) is 46.7 Å². The largest absolute Gasteiger partial charge is 0.492 e. The molecule has 34 heavy (non-hydrogen) atoms. The average Bonchev–Trinajstić information content (AvgIpc) is 3.48. The lowest BCUT2D eigenvalue weighted by Crippen LogP contribution is -2.21. The highest BCUT2D eigenvalue weighted by Crippen LogP contribution is 2.41. The monoisotopic (exact) mass is 488 g/mol. The highest BCUT2D eigenvalue weighted by atomic mass is 32.1. The van der Waals surface area contributed by atoms with Crippen LogP contribution >= 0.6 is 11.3 Å². The Balaban J connectivity index is 1.39. The Morgan fingerprint density at radius 3 is 2.94 bits per heavy atom. The van der Waals surface area contributed by atoms with E-state index in [0.717, 1.165) is 30.4 Å². The highest BCUT2D eigenvalue weighted by molar-refractivity contribution is 7.16. The Morgan fingerprint density at radius 2 is 2.18 bits per heavy atom. The molecule has 0 saturated carbocycles. The van der Waals surface area contributed by atoms with E-state index in [4.69, 9.17) is 4.74 Å². The van der Waals surface area contributed by atoms with Crippen molar-refractivity contribution in [1.29, 1.82) is 0 Å². The smallest absolute Gasteiger partial charge is 0.418 e. The third-order valence-corrected chi connectivity index (χ3v) is 6.35. The van der Waals surface area contributed by atoms with Crippen molar-refractivity contribution >= 4 is 45.8 Å². The normalized spacial score (nSPS) is 19.1. The number of halogens is 3. The second kappa shape index (κ2) is 8.69. The molecular weight excluding hydrogens is 469 g/mol. The van der Waals surface area contributed by atoms with Crippen LogP contribution in [0.4, 0.5) is 29.8 Å². The fourth-order valence-electron chi connectivity index (χ4n) is 3.80. The van der Waals surface area contributed by atoms with E-state index in [-0.39, 0.29) is 28.6 Å². The quantitative estimate of drug-likeness (QED) is 0.536. The van der Waals surface area contributed by atoms with Gasteiger partial charge in [0.15, 0.2) is 10.9 Å². The number of thiazole rings is 1. The number of likely N-dealkylation sites (N-methyl/N-ethyl adjacent to an activating group) is 1. The predicted molar refractivity (Wildman–Crippen MR) is 123 cm³/mol. The van der Waals surface area contributed by atoms with E-state index in [1.165, 1.54) is 18.5 Å². The van der Waals surface area contributed by atoms with E-state index in [2.05, 4.69) is 30.2 Å². The number of alkyl halides is 3. The van der Waals surface area contributed by atoms with E-state index < -0.39 is 11.7 Å². The molecule has 8 nitrogen and oxygen atoms in total. The number of aromatic hydroxyl groups is 1. The van der Waals surface area contributed by atoms with Gasteiger partial charge in [0.25, 0.3) is 0 Å². The molecule has 1 aromatic carbocycles. The van der Waals surface area contributed by atoms with Crippen LogP contribution in [0.25, 0.3) is 11.6 Å². The molecule has 1 saturated heterocycles. The zero-order valence-corrected chi connectivity index (χ0v) is 18.7. The molecule has 2 N–H and O–H groups in total. The molecular formula is C22H19F3N6O2S. The first-order chi connectivity index (χ1) is 16.3. The minimum Gasteiger partial charge on any atom is -0.492 e. The maximum atomic E-state index is 13.8. The van der Waals surface area contributed by atoms with Crippen LogP contribution < -0.4 is 10.1 Å². The summed E-state index contributed by atoms with van der Waals surface area (Å²) in [5.74, 6) is 0.356. The number of anilines is 2. The molecule has 176 valence electrons. The van der Waals surface area contributed by atoms with Crippen molar-refractivity contribution in [2.75, 3.05) is 25.5 Å². The highest BCUT2D eigenvalue weighted by Gasteiger charge is 2.35. The summed E-state index contributed by atoms with van der Waals surface area (Å²) in [4.78, 5) is 18.6. The molecule has 4 heterocycles. The number of hydrogen-bond donors (Lipinski definition) is 2. The zero-order valence-electron chi connectivity index (χ0n) is 17.9. The summed E-state index contributed by atoms with van der Waals surface area (Å²) >= 11 is 1.01. The summed E-state index contributed by atoms with van der Waals surface area (Å²) in [5.41, 5.74) is 0.293. The van der Waals surface area contributed by atoms with Gasteiger partial charge in [0.2, 0.25) is 5.88 Å². The third kappa shape index (κ3) is 4.59. The first kappa shape index (κ1) is 22.3. The standard InChI is InChI=1S/C22H19F3N6O2S/c1-31-5-4-14(10-31)33-13-2-3-17(16(7-13)22(23,24)25)29-21-30-20(32)18(34-21)6-12-8-27-19-15(12)9-26-11-28-19/h2-3,6-9,11,14,32H,4-5,10H2,1H3,(H,29,30). The van der Waals surface area contributed by atoms with Gasteiger partial charge < -0.3 is 20.1 Å². The molecule has 2 aliphatic rings. The van der Waals surface area contributed by atoms with E-state index in [1.54, 1.807) is 18.5 Å². The number of aromatic nitrogens is 3. The third-order valence-electron chi connectivity index (χ3n) is 5.44. The Morgan fingerprint density at radius 1 is 1.32 bits per heavy atom. The molecule has 3 aromatic rings. The molecule has 5 rings (SSSR count). The minimum absolute atomic E-state index is 0.111. The van der Waals surface area contributed by atoms with Crippen LogP contribution in [-0.4, -0.2) is 57.4 Å². The van der Waals surface area contributed by atoms with Crippen LogP contribution in [0.2, 0.25) is 0 Å². The summed E-state index contributed by atoms with van der Waals surface area (Å²) < 4.78 is 47.1. The average molecular weight is 488 g/mol. The number of benzene rings is 1. The predicted octanol–water partition coefficient (Wildman–Crippen LogP) is 4.74. The van der Waals surface area contributed by atoms with E-state index in [0.29, 0.717) is 28.4 Å². The van der Waals surface area contributed by atoms with Gasteiger partial charge in [0.1, 0.15) is 18.2 Å². The van der Waals surface area contributed by atoms with Crippen LogP contribution in [-0.2, 0) is 6.18 Å². The van der Waals surface area contributed by atoms with E-state index in [1.807, 2.05) is 7.05 Å². The van der Waals surface area contributed by atoms with Gasteiger partial charge in [-0.25, -0.2) is 15.0 Å². The number of fused-ring (bicyclic) bond motifs is 1. The Bertz CT molecular complexity index is 1290. The summed E-state index contributed by atoms with van der Waals surface area (Å²) in [5, 5.41) is 13.1. The van der Waals surface area contributed by atoms with E-state index >= 15 is 0 Å². The molecule has 1 fully saturated rings. The van der Waals surface area contributed by atoms with Crippen molar-refractivity contribution in [2.24, 2.45) is 4.99 Å². The maximum absolute atomic E-state index is 13.8. The van der Waals surface area contributed by atoms with Crippen LogP contribution in [0.15, 0.2) is 35.7 Å². The van der Waals surface area contributed by atoms with Crippen LogP contribution in [0.3, 0.4) is 0 Å². The lowest BCUT2D eigenvalue weighted by atomic mass is 10.1. The molecule has 0 bridgehead atoms. The van der Waals surface area contributed by atoms with Crippen molar-refractivity contribution in [2.45, 2.75) is 18.7 Å². The first-order valence-corrected chi connectivity index (χ1v) is 11.2. The molecule has 12 heteroatoms. The molecule has 0 amide bonds.